The standard InChI is InChI=1S/C10H14FNO2/c1-2-14-6-4-10(13)8-3-5-12-7-9(8)11/h3,5,7,10,13H,2,4,6H2,1H3. The highest BCUT2D eigenvalue weighted by molar-refractivity contribution is 5.15. The van der Waals surface area contributed by atoms with Crippen molar-refractivity contribution < 1.29 is 14.2 Å². The van der Waals surface area contributed by atoms with E-state index in [1.165, 1.54) is 12.3 Å². The van der Waals surface area contributed by atoms with Crippen LogP contribution in [-0.4, -0.2) is 23.3 Å². The van der Waals surface area contributed by atoms with Gasteiger partial charge in [-0.25, -0.2) is 4.39 Å². The summed E-state index contributed by atoms with van der Waals surface area (Å²) in [6.45, 7) is 2.91. The van der Waals surface area contributed by atoms with Crippen molar-refractivity contribution in [2.45, 2.75) is 19.4 Å². The van der Waals surface area contributed by atoms with Gasteiger partial charge in [-0.3, -0.25) is 4.98 Å². The number of hydrogen-bond acceptors (Lipinski definition) is 3. The van der Waals surface area contributed by atoms with E-state index >= 15 is 0 Å². The first-order valence-electron chi connectivity index (χ1n) is 4.61. The molecule has 0 amide bonds. The van der Waals surface area contributed by atoms with E-state index in [1.807, 2.05) is 6.92 Å². The molecule has 0 radical (unpaired) electrons. The zero-order valence-corrected chi connectivity index (χ0v) is 8.11. The van der Waals surface area contributed by atoms with Crippen LogP contribution in [0.5, 0.6) is 0 Å². The Morgan fingerprint density at radius 2 is 2.43 bits per heavy atom. The quantitative estimate of drug-likeness (QED) is 0.733. The van der Waals surface area contributed by atoms with Gasteiger partial charge in [0, 0.05) is 31.4 Å². The van der Waals surface area contributed by atoms with E-state index in [1.54, 1.807) is 0 Å². The van der Waals surface area contributed by atoms with Crippen molar-refractivity contribution in [3.8, 4) is 0 Å². The Bertz CT molecular complexity index is 281. The molecule has 0 bridgehead atoms. The van der Waals surface area contributed by atoms with Gasteiger partial charge in [0.2, 0.25) is 0 Å². The molecule has 1 unspecified atom stereocenters. The van der Waals surface area contributed by atoms with Gasteiger partial charge in [-0.1, -0.05) is 0 Å². The Morgan fingerprint density at radius 3 is 3.07 bits per heavy atom. The molecule has 1 atom stereocenters. The second-order valence-electron chi connectivity index (χ2n) is 2.90. The van der Waals surface area contributed by atoms with Gasteiger partial charge in [-0.15, -0.1) is 0 Å². The van der Waals surface area contributed by atoms with E-state index < -0.39 is 11.9 Å². The number of hydrogen-bond donors (Lipinski definition) is 1. The van der Waals surface area contributed by atoms with Crippen LogP contribution in [-0.2, 0) is 4.74 Å². The van der Waals surface area contributed by atoms with Gasteiger partial charge in [0.15, 0.2) is 0 Å². The highest BCUT2D eigenvalue weighted by Crippen LogP contribution is 2.18. The molecule has 0 aromatic carbocycles. The van der Waals surface area contributed by atoms with E-state index in [0.717, 1.165) is 6.20 Å². The third-order valence-corrected chi connectivity index (χ3v) is 1.90. The predicted octanol–water partition coefficient (Wildman–Crippen LogP) is 1.68. The van der Waals surface area contributed by atoms with Crippen molar-refractivity contribution in [3.05, 3.63) is 29.8 Å². The van der Waals surface area contributed by atoms with E-state index in [0.29, 0.717) is 19.6 Å². The lowest BCUT2D eigenvalue weighted by molar-refractivity contribution is 0.0868. The first-order valence-corrected chi connectivity index (χ1v) is 4.61. The van der Waals surface area contributed by atoms with Crippen molar-refractivity contribution in [1.29, 1.82) is 0 Å². The van der Waals surface area contributed by atoms with Crippen molar-refractivity contribution in [1.82, 2.24) is 4.98 Å². The largest absolute Gasteiger partial charge is 0.388 e. The molecule has 78 valence electrons. The topological polar surface area (TPSA) is 42.4 Å². The first kappa shape index (κ1) is 11.1. The Balaban J connectivity index is 2.51. The third kappa shape index (κ3) is 3.05. The van der Waals surface area contributed by atoms with Crippen LogP contribution >= 0.6 is 0 Å². The fourth-order valence-electron chi connectivity index (χ4n) is 1.15. The third-order valence-electron chi connectivity index (χ3n) is 1.90. The van der Waals surface area contributed by atoms with Crippen molar-refractivity contribution in [2.75, 3.05) is 13.2 Å². The summed E-state index contributed by atoms with van der Waals surface area (Å²) in [5, 5.41) is 9.58. The number of ether oxygens (including phenoxy) is 1. The summed E-state index contributed by atoms with van der Waals surface area (Å²) in [7, 11) is 0. The highest BCUT2D eigenvalue weighted by atomic mass is 19.1. The highest BCUT2D eigenvalue weighted by Gasteiger charge is 2.11. The van der Waals surface area contributed by atoms with E-state index in [-0.39, 0.29) is 5.56 Å². The van der Waals surface area contributed by atoms with Gasteiger partial charge < -0.3 is 9.84 Å². The molecule has 0 aliphatic rings. The van der Waals surface area contributed by atoms with Crippen molar-refractivity contribution in [3.63, 3.8) is 0 Å². The average molecular weight is 199 g/mol. The molecule has 0 fully saturated rings. The molecular weight excluding hydrogens is 185 g/mol. The van der Waals surface area contributed by atoms with Gasteiger partial charge in [0.1, 0.15) is 5.82 Å². The maximum absolute atomic E-state index is 13.1. The molecule has 4 heteroatoms. The van der Waals surface area contributed by atoms with Crippen LogP contribution in [0.1, 0.15) is 25.0 Å². The molecular formula is C10H14FNO2. The van der Waals surface area contributed by atoms with Crippen molar-refractivity contribution in [2.24, 2.45) is 0 Å². The Morgan fingerprint density at radius 1 is 1.64 bits per heavy atom. The second-order valence-corrected chi connectivity index (χ2v) is 2.90. The number of pyridine rings is 1. The zero-order valence-electron chi connectivity index (χ0n) is 8.11. The monoisotopic (exact) mass is 199 g/mol. The molecule has 0 aliphatic carbocycles. The van der Waals surface area contributed by atoms with Crippen molar-refractivity contribution >= 4 is 0 Å². The number of rotatable bonds is 5. The van der Waals surface area contributed by atoms with E-state index in [4.69, 9.17) is 4.74 Å². The molecule has 1 rings (SSSR count). The number of aliphatic hydroxyl groups excluding tert-OH is 1. The lowest BCUT2D eigenvalue weighted by Gasteiger charge is -2.10. The molecule has 14 heavy (non-hydrogen) atoms. The summed E-state index contributed by atoms with van der Waals surface area (Å²) >= 11 is 0. The summed E-state index contributed by atoms with van der Waals surface area (Å²) in [6.07, 6.45) is 2.14. The fourth-order valence-corrected chi connectivity index (χ4v) is 1.15. The molecule has 0 saturated heterocycles. The first-order chi connectivity index (χ1) is 6.75. The number of aromatic nitrogens is 1. The van der Waals surface area contributed by atoms with Gasteiger partial charge in [-0.2, -0.15) is 0 Å². The molecule has 3 nitrogen and oxygen atoms in total. The summed E-state index contributed by atoms with van der Waals surface area (Å²) < 4.78 is 18.2. The Hall–Kier alpha value is -1.00. The minimum Gasteiger partial charge on any atom is -0.388 e. The lowest BCUT2D eigenvalue weighted by Crippen LogP contribution is -2.05. The van der Waals surface area contributed by atoms with Crippen LogP contribution in [0.2, 0.25) is 0 Å². The fraction of sp³-hybridized carbons (Fsp3) is 0.500. The molecule has 1 aromatic rings. The molecule has 1 aromatic heterocycles. The van der Waals surface area contributed by atoms with Gasteiger partial charge in [-0.05, 0) is 13.0 Å². The van der Waals surface area contributed by atoms with Gasteiger partial charge in [0.25, 0.3) is 0 Å². The van der Waals surface area contributed by atoms with Crippen LogP contribution in [0.25, 0.3) is 0 Å². The average Bonchev–Trinajstić information content (AvgIpc) is 2.18. The summed E-state index contributed by atoms with van der Waals surface area (Å²) in [5.74, 6) is -0.475. The van der Waals surface area contributed by atoms with Crippen LogP contribution in [0, 0.1) is 5.82 Å². The van der Waals surface area contributed by atoms with Gasteiger partial charge in [0.05, 0.1) is 12.3 Å². The Kier molecular flexibility index (Phi) is 4.49. The molecule has 1 heterocycles. The number of nitrogens with zero attached hydrogens (tertiary/aromatic N) is 1. The molecule has 0 spiro atoms. The van der Waals surface area contributed by atoms with Crippen LogP contribution < -0.4 is 0 Å². The lowest BCUT2D eigenvalue weighted by atomic mass is 10.1. The minimum atomic E-state index is -0.815. The minimum absolute atomic E-state index is 0.278. The smallest absolute Gasteiger partial charge is 0.147 e. The second kappa shape index (κ2) is 5.67. The maximum atomic E-state index is 13.1. The SMILES string of the molecule is CCOCCC(O)c1ccncc1F. The Labute approximate surface area is 82.5 Å². The predicted molar refractivity (Wildman–Crippen MR) is 50.3 cm³/mol. The number of aliphatic hydroxyl groups is 1. The normalized spacial score (nSPS) is 12.8. The van der Waals surface area contributed by atoms with Crippen LogP contribution in [0.4, 0.5) is 4.39 Å². The van der Waals surface area contributed by atoms with Crippen LogP contribution in [0.15, 0.2) is 18.5 Å². The zero-order chi connectivity index (χ0) is 10.4. The molecule has 1 N–H and O–H groups in total. The summed E-state index contributed by atoms with van der Waals surface area (Å²) in [6, 6.07) is 1.48. The van der Waals surface area contributed by atoms with Crippen LogP contribution in [0.3, 0.4) is 0 Å². The number of halogens is 1. The van der Waals surface area contributed by atoms with Gasteiger partial charge >= 0.3 is 0 Å². The summed E-state index contributed by atoms with van der Waals surface area (Å²) in [5.41, 5.74) is 0.278. The summed E-state index contributed by atoms with van der Waals surface area (Å²) in [4.78, 5) is 3.61. The van der Waals surface area contributed by atoms with E-state index in [2.05, 4.69) is 4.98 Å². The molecule has 0 saturated carbocycles. The maximum Gasteiger partial charge on any atom is 0.147 e. The van der Waals surface area contributed by atoms with E-state index in [9.17, 15) is 9.50 Å². The molecule has 0 aliphatic heterocycles.